The van der Waals surface area contributed by atoms with Crippen LogP contribution >= 0.6 is 0 Å². The van der Waals surface area contributed by atoms with E-state index < -0.39 is 12.1 Å². The largest absolute Gasteiger partial charge is 0.463 e. The molecule has 4 aliphatic rings. The molecule has 3 heteroatoms. The molecule has 4 saturated carbocycles. The number of hydrogen-bond donors (Lipinski definition) is 0. The quantitative estimate of drug-likeness (QED) is 0.660. The number of fused-ring (bicyclic) bond motifs is 1. The van der Waals surface area contributed by atoms with Crippen LogP contribution in [0.1, 0.15) is 51.0 Å². The molecule has 0 aromatic heterocycles. The monoisotopic (exact) mass is 366 g/mol. The number of alkyl halides is 1. The Bertz CT molecular complexity index is 868. The molecule has 6 rings (SSSR count). The molecule has 2 aromatic rings. The Kier molecular flexibility index (Phi) is 3.86. The molecule has 142 valence electrons. The van der Waals surface area contributed by atoms with Crippen molar-refractivity contribution < 1.29 is 13.9 Å². The maximum absolute atomic E-state index is 13.3. The van der Waals surface area contributed by atoms with Crippen molar-refractivity contribution in [2.45, 2.75) is 57.0 Å². The summed E-state index contributed by atoms with van der Waals surface area (Å²) in [6, 6.07) is 15.4. The number of esters is 1. The fourth-order valence-corrected chi connectivity index (χ4v) is 6.96. The molecular weight excluding hydrogens is 339 g/mol. The van der Waals surface area contributed by atoms with E-state index in [-0.39, 0.29) is 10.8 Å². The topological polar surface area (TPSA) is 26.3 Å². The first-order chi connectivity index (χ1) is 13.0. The number of benzene rings is 2. The van der Waals surface area contributed by atoms with Crippen molar-refractivity contribution in [2.24, 2.45) is 17.3 Å². The van der Waals surface area contributed by atoms with E-state index in [1.54, 1.807) is 0 Å². The zero-order valence-corrected chi connectivity index (χ0v) is 15.9. The zero-order chi connectivity index (χ0) is 18.6. The van der Waals surface area contributed by atoms with E-state index in [0.29, 0.717) is 18.4 Å². The molecule has 0 aliphatic heterocycles. The van der Waals surface area contributed by atoms with Gasteiger partial charge in [0.05, 0.1) is 6.61 Å². The van der Waals surface area contributed by atoms with Crippen LogP contribution in [0, 0.1) is 17.3 Å². The summed E-state index contributed by atoms with van der Waals surface area (Å²) >= 11 is 0. The number of halogens is 1. The molecule has 0 N–H and O–H groups in total. The van der Waals surface area contributed by atoms with Gasteiger partial charge in [-0.2, -0.15) is 0 Å². The van der Waals surface area contributed by atoms with Crippen LogP contribution in [0.5, 0.6) is 0 Å². The first-order valence-electron chi connectivity index (χ1n) is 10.3. The third-order valence-electron chi connectivity index (χ3n) is 7.39. The zero-order valence-electron chi connectivity index (χ0n) is 15.9. The van der Waals surface area contributed by atoms with Crippen molar-refractivity contribution in [1.82, 2.24) is 0 Å². The normalized spacial score (nSPS) is 35.3. The van der Waals surface area contributed by atoms with Crippen molar-refractivity contribution in [3.05, 3.63) is 48.0 Å². The molecule has 2 aromatic carbocycles. The maximum Gasteiger partial charge on any atom is 0.340 e. The van der Waals surface area contributed by atoms with Crippen LogP contribution in [-0.2, 0) is 14.9 Å². The summed E-state index contributed by atoms with van der Waals surface area (Å²) in [6.45, 7) is 1.65. The number of hydrogen-bond acceptors (Lipinski definition) is 2. The van der Waals surface area contributed by atoms with Gasteiger partial charge in [0.15, 0.2) is 6.17 Å². The molecule has 0 radical (unpaired) electrons. The van der Waals surface area contributed by atoms with Crippen molar-refractivity contribution in [3.8, 4) is 0 Å². The van der Waals surface area contributed by atoms with Crippen molar-refractivity contribution in [3.63, 3.8) is 0 Å². The number of carbonyl (C=O) groups excluding carboxylic acids is 1. The summed E-state index contributed by atoms with van der Waals surface area (Å²) < 4.78 is 18.7. The minimum absolute atomic E-state index is 0.0333. The van der Waals surface area contributed by atoms with Gasteiger partial charge in [0.2, 0.25) is 0 Å². The highest BCUT2D eigenvalue weighted by Gasteiger charge is 2.58. The average Bonchev–Trinajstić information content (AvgIpc) is 2.64. The molecule has 0 amide bonds. The van der Waals surface area contributed by atoms with Crippen molar-refractivity contribution >= 4 is 16.7 Å². The van der Waals surface area contributed by atoms with Gasteiger partial charge in [-0.3, -0.25) is 0 Å². The van der Waals surface area contributed by atoms with Crippen molar-refractivity contribution in [2.75, 3.05) is 6.61 Å². The Morgan fingerprint density at radius 3 is 2.56 bits per heavy atom. The van der Waals surface area contributed by atoms with Crippen LogP contribution in [0.4, 0.5) is 4.39 Å². The minimum Gasteiger partial charge on any atom is -0.463 e. The van der Waals surface area contributed by atoms with Crippen molar-refractivity contribution in [1.29, 1.82) is 0 Å². The first kappa shape index (κ1) is 17.2. The van der Waals surface area contributed by atoms with E-state index in [1.165, 1.54) is 42.5 Å². The second-order valence-corrected chi connectivity index (χ2v) is 9.49. The van der Waals surface area contributed by atoms with Crippen LogP contribution < -0.4 is 0 Å². The van der Waals surface area contributed by atoms with E-state index >= 15 is 0 Å². The third kappa shape index (κ3) is 2.78. The number of rotatable bonds is 4. The van der Waals surface area contributed by atoms with Gasteiger partial charge in [0.1, 0.15) is 0 Å². The van der Waals surface area contributed by atoms with Gasteiger partial charge in [-0.25, -0.2) is 9.18 Å². The summed E-state index contributed by atoms with van der Waals surface area (Å²) in [5.74, 6) is 0.698. The lowest BCUT2D eigenvalue weighted by atomic mass is 9.43. The highest BCUT2D eigenvalue weighted by atomic mass is 19.1. The van der Waals surface area contributed by atoms with Gasteiger partial charge in [-0.05, 0) is 79.0 Å². The molecule has 0 spiro atoms. The number of ether oxygens (including phenoxy) is 1. The first-order valence-corrected chi connectivity index (χ1v) is 10.3. The second kappa shape index (κ2) is 6.05. The fourth-order valence-electron chi connectivity index (χ4n) is 6.96. The molecule has 4 bridgehead atoms. The van der Waals surface area contributed by atoms with E-state index in [2.05, 4.69) is 42.5 Å². The molecular formula is C24H27FO2. The Balaban J connectivity index is 1.52. The lowest BCUT2D eigenvalue weighted by Crippen LogP contribution is -2.55. The average molecular weight is 366 g/mol. The summed E-state index contributed by atoms with van der Waals surface area (Å²) in [4.78, 5) is 11.8. The summed E-state index contributed by atoms with van der Waals surface area (Å²) in [5, 5.41) is 2.67. The molecule has 4 aliphatic carbocycles. The van der Waals surface area contributed by atoms with Gasteiger partial charge >= 0.3 is 5.97 Å². The van der Waals surface area contributed by atoms with Gasteiger partial charge in [0.25, 0.3) is 0 Å². The molecule has 0 saturated heterocycles. The SMILES string of the molecule is CC(F)C(=O)OCC12CC3CC(C1)CC(c1cccc4ccccc14)(C3)C2. The Morgan fingerprint density at radius 1 is 1.11 bits per heavy atom. The van der Waals surface area contributed by atoms with Gasteiger partial charge in [-0.1, -0.05) is 42.5 Å². The second-order valence-electron chi connectivity index (χ2n) is 9.49. The predicted octanol–water partition coefficient (Wildman–Crippen LogP) is 5.58. The van der Waals surface area contributed by atoms with Crippen LogP contribution in [0.15, 0.2) is 42.5 Å². The maximum atomic E-state index is 13.3. The Hall–Kier alpha value is -1.90. The highest BCUT2D eigenvalue weighted by Crippen LogP contribution is 2.66. The van der Waals surface area contributed by atoms with Crippen LogP contribution in [0.2, 0.25) is 0 Å². The van der Waals surface area contributed by atoms with Gasteiger partial charge in [-0.15, -0.1) is 0 Å². The fraction of sp³-hybridized carbons (Fsp3) is 0.542. The van der Waals surface area contributed by atoms with E-state index in [1.807, 2.05) is 0 Å². The summed E-state index contributed by atoms with van der Waals surface area (Å²) in [5.41, 5.74) is 1.69. The minimum atomic E-state index is -1.54. The van der Waals surface area contributed by atoms with Gasteiger partial charge in [0, 0.05) is 5.41 Å². The van der Waals surface area contributed by atoms with Gasteiger partial charge < -0.3 is 4.74 Å². The Labute approximate surface area is 160 Å². The van der Waals surface area contributed by atoms with Crippen LogP contribution in [-0.4, -0.2) is 18.7 Å². The molecule has 4 fully saturated rings. The lowest BCUT2D eigenvalue weighted by Gasteiger charge is -2.62. The lowest BCUT2D eigenvalue weighted by molar-refractivity contribution is -0.162. The summed E-state index contributed by atoms with van der Waals surface area (Å²) in [7, 11) is 0. The molecule has 3 atom stereocenters. The van der Waals surface area contributed by atoms with Crippen LogP contribution in [0.25, 0.3) is 10.8 Å². The molecule has 0 heterocycles. The highest BCUT2D eigenvalue weighted by molar-refractivity contribution is 5.86. The standard InChI is InChI=1S/C24H27FO2/c1-16(25)22(26)27-15-23-10-17-9-18(11-23)13-24(12-17,14-23)21-8-4-6-19-5-2-3-7-20(19)21/h2-8,16-18H,9-15H2,1H3. The van der Waals surface area contributed by atoms with Crippen LogP contribution in [0.3, 0.4) is 0 Å². The predicted molar refractivity (Wildman–Crippen MR) is 104 cm³/mol. The van der Waals surface area contributed by atoms with E-state index in [0.717, 1.165) is 19.3 Å². The third-order valence-corrected chi connectivity index (χ3v) is 7.39. The molecule has 2 nitrogen and oxygen atoms in total. The Morgan fingerprint density at radius 2 is 1.81 bits per heavy atom. The molecule has 27 heavy (non-hydrogen) atoms. The van der Waals surface area contributed by atoms with E-state index in [4.69, 9.17) is 4.74 Å². The van der Waals surface area contributed by atoms with E-state index in [9.17, 15) is 9.18 Å². The molecule has 3 unspecified atom stereocenters. The number of carbonyl (C=O) groups is 1. The summed E-state index contributed by atoms with van der Waals surface area (Å²) in [6.07, 6.45) is 5.58. The smallest absolute Gasteiger partial charge is 0.340 e.